The summed E-state index contributed by atoms with van der Waals surface area (Å²) >= 11 is 0. The van der Waals surface area contributed by atoms with Crippen LogP contribution in [0.1, 0.15) is 24.2 Å². The van der Waals surface area contributed by atoms with Gasteiger partial charge in [-0.3, -0.25) is 9.78 Å². The Bertz CT molecular complexity index is 572. The number of pyridine rings is 1. The first kappa shape index (κ1) is 17.3. The minimum absolute atomic E-state index is 0.0409. The summed E-state index contributed by atoms with van der Waals surface area (Å²) in [7, 11) is 1.54. The zero-order valence-electron chi connectivity index (χ0n) is 14.5. The van der Waals surface area contributed by atoms with Crippen LogP contribution in [0.5, 0.6) is 0 Å². The van der Waals surface area contributed by atoms with E-state index in [0.717, 1.165) is 30.8 Å². The predicted molar refractivity (Wildman–Crippen MR) is 88.5 cm³/mol. The molecule has 1 aromatic rings. The number of methoxy groups -OCH3 is 1. The summed E-state index contributed by atoms with van der Waals surface area (Å²) in [6.07, 6.45) is 2.00. The van der Waals surface area contributed by atoms with Gasteiger partial charge in [-0.1, -0.05) is 6.07 Å². The summed E-state index contributed by atoms with van der Waals surface area (Å²) in [6.45, 7) is 5.50. The average Bonchev–Trinajstić information content (AvgIpc) is 2.94. The summed E-state index contributed by atoms with van der Waals surface area (Å²) in [5.41, 5.74) is 1.82. The van der Waals surface area contributed by atoms with Crippen molar-refractivity contribution in [1.82, 2.24) is 9.88 Å². The maximum Gasteiger partial charge on any atom is 0.248 e. The van der Waals surface area contributed by atoms with Crippen LogP contribution in [0.4, 0.5) is 0 Å². The number of hydrogen-bond donors (Lipinski definition) is 0. The smallest absolute Gasteiger partial charge is 0.248 e. The first-order valence-corrected chi connectivity index (χ1v) is 8.54. The first-order valence-electron chi connectivity index (χ1n) is 8.54. The van der Waals surface area contributed by atoms with Crippen molar-refractivity contribution in [3.05, 3.63) is 29.6 Å². The summed E-state index contributed by atoms with van der Waals surface area (Å²) < 4.78 is 16.7. The molecule has 0 unspecified atom stereocenters. The van der Waals surface area contributed by atoms with E-state index in [-0.39, 0.29) is 18.1 Å². The molecule has 1 atom stereocenters. The lowest BCUT2D eigenvalue weighted by Crippen LogP contribution is -2.66. The Kier molecular flexibility index (Phi) is 5.48. The summed E-state index contributed by atoms with van der Waals surface area (Å²) in [6, 6.07) is 5.97. The molecule has 3 rings (SSSR count). The SMILES string of the molecule is COCC(=O)N1CC2(C1)OCC[C@H]2CCOCc1cccc(C)n1. The van der Waals surface area contributed by atoms with Crippen molar-refractivity contribution in [2.75, 3.05) is 40.0 Å². The van der Waals surface area contributed by atoms with E-state index in [1.807, 2.05) is 30.0 Å². The van der Waals surface area contributed by atoms with E-state index in [0.29, 0.717) is 32.2 Å². The van der Waals surface area contributed by atoms with Crippen molar-refractivity contribution < 1.29 is 19.0 Å². The molecule has 1 spiro atoms. The van der Waals surface area contributed by atoms with Crippen molar-refractivity contribution in [1.29, 1.82) is 0 Å². The van der Waals surface area contributed by atoms with Crippen LogP contribution in [0.25, 0.3) is 0 Å². The Morgan fingerprint density at radius 2 is 2.29 bits per heavy atom. The second-order valence-electron chi connectivity index (χ2n) is 6.69. The third kappa shape index (κ3) is 3.77. The molecule has 1 amide bonds. The predicted octanol–water partition coefficient (Wildman–Crippen LogP) is 1.56. The van der Waals surface area contributed by atoms with Gasteiger partial charge in [-0.15, -0.1) is 0 Å². The topological polar surface area (TPSA) is 60.9 Å². The van der Waals surface area contributed by atoms with E-state index < -0.39 is 0 Å². The molecule has 24 heavy (non-hydrogen) atoms. The minimum atomic E-state index is -0.158. The van der Waals surface area contributed by atoms with Gasteiger partial charge in [-0.25, -0.2) is 0 Å². The number of carbonyl (C=O) groups excluding carboxylic acids is 1. The van der Waals surface area contributed by atoms with Crippen molar-refractivity contribution in [2.45, 2.75) is 32.0 Å². The number of likely N-dealkylation sites (tertiary alicyclic amines) is 1. The lowest BCUT2D eigenvalue weighted by atomic mass is 9.79. The minimum Gasteiger partial charge on any atom is -0.375 e. The Morgan fingerprint density at radius 3 is 3.04 bits per heavy atom. The Morgan fingerprint density at radius 1 is 1.46 bits per heavy atom. The van der Waals surface area contributed by atoms with E-state index in [9.17, 15) is 4.79 Å². The highest BCUT2D eigenvalue weighted by Crippen LogP contribution is 2.41. The van der Waals surface area contributed by atoms with E-state index in [1.54, 1.807) is 7.11 Å². The second kappa shape index (κ2) is 7.59. The van der Waals surface area contributed by atoms with Crippen molar-refractivity contribution in [2.24, 2.45) is 5.92 Å². The molecule has 6 nitrogen and oxygen atoms in total. The third-order valence-corrected chi connectivity index (χ3v) is 4.94. The molecule has 0 aliphatic carbocycles. The quantitative estimate of drug-likeness (QED) is 0.708. The van der Waals surface area contributed by atoms with E-state index in [2.05, 4.69) is 4.98 Å². The highest BCUT2D eigenvalue weighted by Gasteiger charge is 2.53. The lowest BCUT2D eigenvalue weighted by molar-refractivity contribution is -0.169. The van der Waals surface area contributed by atoms with Gasteiger partial charge >= 0.3 is 0 Å². The van der Waals surface area contributed by atoms with Crippen molar-refractivity contribution in [3.63, 3.8) is 0 Å². The third-order valence-electron chi connectivity index (χ3n) is 4.94. The standard InChI is InChI=1S/C18H26N2O4/c1-14-4-3-5-16(19-14)10-23-8-6-15-7-9-24-18(15)12-20(13-18)17(21)11-22-2/h3-5,15H,6-13H2,1-2H3/t15-/m1/s1. The van der Waals surface area contributed by atoms with Crippen LogP contribution in [0.3, 0.4) is 0 Å². The number of rotatable bonds is 7. The van der Waals surface area contributed by atoms with Gasteiger partial charge in [0.15, 0.2) is 0 Å². The molecule has 0 saturated carbocycles. The number of hydrogen-bond acceptors (Lipinski definition) is 5. The molecule has 1 aromatic heterocycles. The number of nitrogens with zero attached hydrogens (tertiary/aromatic N) is 2. The van der Waals surface area contributed by atoms with Gasteiger partial charge in [-0.05, 0) is 37.8 Å². The lowest BCUT2D eigenvalue weighted by Gasteiger charge is -2.50. The number of carbonyl (C=O) groups is 1. The zero-order chi connectivity index (χ0) is 17.0. The van der Waals surface area contributed by atoms with Crippen LogP contribution in [-0.4, -0.2) is 61.4 Å². The number of aromatic nitrogens is 1. The Labute approximate surface area is 143 Å². The molecule has 0 N–H and O–H groups in total. The van der Waals surface area contributed by atoms with Gasteiger partial charge < -0.3 is 19.1 Å². The van der Waals surface area contributed by atoms with Gasteiger partial charge in [-0.2, -0.15) is 0 Å². The monoisotopic (exact) mass is 334 g/mol. The fourth-order valence-corrected chi connectivity index (χ4v) is 3.62. The Hall–Kier alpha value is -1.50. The number of aryl methyl sites for hydroxylation is 1. The van der Waals surface area contributed by atoms with E-state index in [4.69, 9.17) is 14.2 Å². The fraction of sp³-hybridized carbons (Fsp3) is 0.667. The molecule has 2 aliphatic rings. The molecule has 6 heteroatoms. The highest BCUT2D eigenvalue weighted by molar-refractivity contribution is 5.78. The molecular weight excluding hydrogens is 308 g/mol. The van der Waals surface area contributed by atoms with Crippen LogP contribution >= 0.6 is 0 Å². The molecule has 2 saturated heterocycles. The summed E-state index contributed by atoms with van der Waals surface area (Å²) in [5, 5.41) is 0. The second-order valence-corrected chi connectivity index (χ2v) is 6.69. The van der Waals surface area contributed by atoms with Crippen LogP contribution < -0.4 is 0 Å². The summed E-state index contributed by atoms with van der Waals surface area (Å²) in [4.78, 5) is 18.1. The summed E-state index contributed by atoms with van der Waals surface area (Å²) in [5.74, 6) is 0.494. The number of ether oxygens (including phenoxy) is 3. The molecule has 2 aliphatic heterocycles. The molecule has 0 bridgehead atoms. The zero-order valence-corrected chi connectivity index (χ0v) is 14.5. The van der Waals surface area contributed by atoms with E-state index >= 15 is 0 Å². The van der Waals surface area contributed by atoms with Crippen LogP contribution in [0, 0.1) is 12.8 Å². The maximum absolute atomic E-state index is 11.8. The van der Waals surface area contributed by atoms with Gasteiger partial charge in [0.2, 0.25) is 5.91 Å². The molecule has 132 valence electrons. The molecular formula is C18H26N2O4. The molecule has 0 aromatic carbocycles. The van der Waals surface area contributed by atoms with Crippen LogP contribution in [0.2, 0.25) is 0 Å². The highest BCUT2D eigenvalue weighted by atomic mass is 16.5. The maximum atomic E-state index is 11.8. The first-order chi connectivity index (χ1) is 11.6. The molecule has 3 heterocycles. The van der Waals surface area contributed by atoms with E-state index in [1.165, 1.54) is 0 Å². The van der Waals surface area contributed by atoms with Crippen LogP contribution in [0.15, 0.2) is 18.2 Å². The molecule has 0 radical (unpaired) electrons. The van der Waals surface area contributed by atoms with Crippen molar-refractivity contribution in [3.8, 4) is 0 Å². The van der Waals surface area contributed by atoms with Gasteiger partial charge in [0.1, 0.15) is 12.2 Å². The molecule has 2 fully saturated rings. The van der Waals surface area contributed by atoms with Crippen LogP contribution in [-0.2, 0) is 25.6 Å². The van der Waals surface area contributed by atoms with Gasteiger partial charge in [0, 0.05) is 26.0 Å². The number of amides is 1. The Balaban J connectivity index is 1.42. The van der Waals surface area contributed by atoms with Gasteiger partial charge in [0.05, 0.1) is 25.4 Å². The van der Waals surface area contributed by atoms with Crippen molar-refractivity contribution >= 4 is 5.91 Å². The normalized spacial score (nSPS) is 21.9. The average molecular weight is 334 g/mol. The fourth-order valence-electron chi connectivity index (χ4n) is 3.62. The van der Waals surface area contributed by atoms with Gasteiger partial charge in [0.25, 0.3) is 0 Å². The largest absolute Gasteiger partial charge is 0.375 e.